The molecule has 0 atom stereocenters. The Labute approximate surface area is 134 Å². The number of nitrogens with zero attached hydrogens (tertiary/aromatic N) is 1. The van der Waals surface area contributed by atoms with E-state index < -0.39 is 5.41 Å². The van der Waals surface area contributed by atoms with Crippen LogP contribution in [0, 0.1) is 5.41 Å². The van der Waals surface area contributed by atoms with Gasteiger partial charge in [-0.3, -0.25) is 19.3 Å². The van der Waals surface area contributed by atoms with Gasteiger partial charge in [0.05, 0.1) is 12.3 Å². The number of rotatable bonds is 5. The number of benzene rings is 1. The van der Waals surface area contributed by atoms with Crippen LogP contribution in [0.4, 0.5) is 10.5 Å². The molecule has 1 fully saturated rings. The van der Waals surface area contributed by atoms with E-state index in [1.54, 1.807) is 12.1 Å². The highest BCUT2D eigenvalue weighted by molar-refractivity contribution is 8.14. The molecule has 2 rings (SSSR count). The predicted octanol–water partition coefficient (Wildman–Crippen LogP) is 3.26. The summed E-state index contributed by atoms with van der Waals surface area (Å²) in [6.07, 6.45) is 0.758. The molecule has 1 N–H and O–H groups in total. The monoisotopic (exact) mass is 320 g/mol. The van der Waals surface area contributed by atoms with Gasteiger partial charge in [-0.25, -0.2) is 0 Å². The molecule has 0 aromatic heterocycles. The van der Waals surface area contributed by atoms with Crippen molar-refractivity contribution in [2.45, 2.75) is 33.7 Å². The Hall–Kier alpha value is -1.82. The van der Waals surface area contributed by atoms with Crippen LogP contribution in [-0.4, -0.2) is 27.7 Å². The Kier molecular flexibility index (Phi) is 4.90. The van der Waals surface area contributed by atoms with Crippen molar-refractivity contribution in [1.82, 2.24) is 4.90 Å². The molecular formula is C16H20N2O3S. The minimum atomic E-state index is -0.412. The lowest BCUT2D eigenvalue weighted by Gasteiger charge is -2.21. The van der Waals surface area contributed by atoms with Crippen molar-refractivity contribution in [2.24, 2.45) is 5.41 Å². The smallest absolute Gasteiger partial charge is 0.289 e. The van der Waals surface area contributed by atoms with Crippen LogP contribution in [-0.2, 0) is 16.1 Å². The van der Waals surface area contributed by atoms with E-state index in [1.807, 2.05) is 32.9 Å². The van der Waals surface area contributed by atoms with E-state index >= 15 is 0 Å². The first-order valence-corrected chi connectivity index (χ1v) is 8.19. The van der Waals surface area contributed by atoms with Gasteiger partial charge in [0.25, 0.3) is 5.24 Å². The fourth-order valence-corrected chi connectivity index (χ4v) is 2.60. The molecule has 1 aliphatic heterocycles. The Morgan fingerprint density at radius 3 is 2.41 bits per heavy atom. The fourth-order valence-electron chi connectivity index (χ4n) is 1.87. The van der Waals surface area contributed by atoms with Gasteiger partial charge >= 0.3 is 0 Å². The topological polar surface area (TPSA) is 66.5 Å². The highest BCUT2D eigenvalue weighted by Gasteiger charge is 2.29. The number of anilines is 1. The number of thioether (sulfide) groups is 1. The van der Waals surface area contributed by atoms with E-state index in [1.165, 1.54) is 4.90 Å². The van der Waals surface area contributed by atoms with Crippen LogP contribution in [0.25, 0.3) is 0 Å². The summed E-state index contributed by atoms with van der Waals surface area (Å²) in [7, 11) is 0. The van der Waals surface area contributed by atoms with Gasteiger partial charge < -0.3 is 5.32 Å². The van der Waals surface area contributed by atoms with E-state index in [9.17, 15) is 14.4 Å². The normalized spacial score (nSPS) is 15.3. The molecule has 22 heavy (non-hydrogen) atoms. The third-order valence-corrected chi connectivity index (χ3v) is 4.75. The van der Waals surface area contributed by atoms with Gasteiger partial charge in [-0.1, -0.05) is 44.7 Å². The van der Waals surface area contributed by atoms with Crippen LogP contribution >= 0.6 is 11.8 Å². The molecule has 1 heterocycles. The Balaban J connectivity index is 2.00. The second-order valence-electron chi connectivity index (χ2n) is 5.92. The summed E-state index contributed by atoms with van der Waals surface area (Å²) >= 11 is 1.03. The van der Waals surface area contributed by atoms with E-state index in [-0.39, 0.29) is 29.4 Å². The average Bonchev–Trinajstić information content (AvgIpc) is 2.81. The predicted molar refractivity (Wildman–Crippen MR) is 87.5 cm³/mol. The zero-order valence-corrected chi connectivity index (χ0v) is 13.8. The number of hydrogen-bond donors (Lipinski definition) is 1. The van der Waals surface area contributed by atoms with Crippen molar-refractivity contribution in [3.63, 3.8) is 0 Å². The molecule has 1 aromatic rings. The van der Waals surface area contributed by atoms with Crippen molar-refractivity contribution in [1.29, 1.82) is 0 Å². The van der Waals surface area contributed by atoms with Gasteiger partial charge in [-0.2, -0.15) is 0 Å². The summed E-state index contributed by atoms with van der Waals surface area (Å²) < 4.78 is 0. The molecule has 1 saturated heterocycles. The van der Waals surface area contributed by atoms with Crippen LogP contribution in [0.5, 0.6) is 0 Å². The van der Waals surface area contributed by atoms with Gasteiger partial charge in [0, 0.05) is 11.1 Å². The molecule has 1 aromatic carbocycles. The average molecular weight is 320 g/mol. The van der Waals surface area contributed by atoms with Gasteiger partial charge in [0.15, 0.2) is 0 Å². The largest absolute Gasteiger partial charge is 0.326 e. The summed E-state index contributed by atoms with van der Waals surface area (Å²) in [5.74, 6) is 0.0418. The number of carbonyl (C=O) groups is 3. The van der Waals surface area contributed by atoms with Gasteiger partial charge in [0.2, 0.25) is 11.8 Å². The molecule has 0 unspecified atom stereocenters. The molecule has 3 amide bonds. The minimum Gasteiger partial charge on any atom is -0.326 e. The first kappa shape index (κ1) is 16.5. The number of hydrogen-bond acceptors (Lipinski definition) is 4. The molecule has 0 bridgehead atoms. The summed E-state index contributed by atoms with van der Waals surface area (Å²) in [6, 6.07) is 7.21. The summed E-state index contributed by atoms with van der Waals surface area (Å²) in [5, 5.41) is 2.68. The highest BCUT2D eigenvalue weighted by Crippen LogP contribution is 2.24. The number of nitrogens with one attached hydrogen (secondary N) is 1. The lowest BCUT2D eigenvalue weighted by Crippen LogP contribution is -2.30. The lowest BCUT2D eigenvalue weighted by molar-refractivity contribution is -0.125. The van der Waals surface area contributed by atoms with Crippen molar-refractivity contribution in [3.8, 4) is 0 Å². The third kappa shape index (κ3) is 3.68. The SMILES string of the molecule is CCC(C)(C)C(=O)Nc1ccc(CN2C(=O)CSC2=O)cc1. The van der Waals surface area contributed by atoms with Gasteiger partial charge in [-0.15, -0.1) is 0 Å². The second kappa shape index (κ2) is 6.52. The van der Waals surface area contributed by atoms with Crippen LogP contribution < -0.4 is 5.32 Å². The summed E-state index contributed by atoms with van der Waals surface area (Å²) in [4.78, 5) is 36.5. The third-order valence-electron chi connectivity index (χ3n) is 3.89. The quantitative estimate of drug-likeness (QED) is 0.904. The minimum absolute atomic E-state index is 0.0240. The maximum absolute atomic E-state index is 12.1. The fraction of sp³-hybridized carbons (Fsp3) is 0.438. The summed E-state index contributed by atoms with van der Waals surface area (Å²) in [6.45, 7) is 6.06. The van der Waals surface area contributed by atoms with Crippen LogP contribution in [0.1, 0.15) is 32.8 Å². The highest BCUT2D eigenvalue weighted by atomic mass is 32.2. The first-order chi connectivity index (χ1) is 10.3. The van der Waals surface area contributed by atoms with Crippen molar-refractivity contribution in [3.05, 3.63) is 29.8 Å². The molecule has 118 valence electrons. The Morgan fingerprint density at radius 2 is 1.91 bits per heavy atom. The van der Waals surface area contributed by atoms with E-state index in [0.717, 1.165) is 23.7 Å². The lowest BCUT2D eigenvalue weighted by atomic mass is 9.89. The van der Waals surface area contributed by atoms with E-state index in [2.05, 4.69) is 5.32 Å². The Bertz CT molecular complexity index is 580. The maximum Gasteiger partial charge on any atom is 0.289 e. The number of amides is 3. The zero-order valence-electron chi connectivity index (χ0n) is 13.0. The summed E-state index contributed by atoms with van der Waals surface area (Å²) in [5.41, 5.74) is 1.16. The van der Waals surface area contributed by atoms with Crippen LogP contribution in [0.3, 0.4) is 0 Å². The van der Waals surface area contributed by atoms with E-state index in [0.29, 0.717) is 5.69 Å². The van der Waals surface area contributed by atoms with Gasteiger partial charge in [-0.05, 0) is 24.1 Å². The zero-order chi connectivity index (χ0) is 16.3. The number of carbonyl (C=O) groups excluding carboxylic acids is 3. The molecule has 0 spiro atoms. The molecule has 0 radical (unpaired) electrons. The van der Waals surface area contributed by atoms with Crippen LogP contribution in [0.15, 0.2) is 24.3 Å². The number of imide groups is 1. The molecule has 1 aliphatic rings. The first-order valence-electron chi connectivity index (χ1n) is 7.21. The Morgan fingerprint density at radius 1 is 1.27 bits per heavy atom. The van der Waals surface area contributed by atoms with Gasteiger partial charge in [0.1, 0.15) is 0 Å². The second-order valence-corrected chi connectivity index (χ2v) is 6.85. The molecule has 6 heteroatoms. The molecule has 0 saturated carbocycles. The molecule has 0 aliphatic carbocycles. The van der Waals surface area contributed by atoms with Crippen molar-refractivity contribution in [2.75, 3.05) is 11.1 Å². The molecule has 5 nitrogen and oxygen atoms in total. The van der Waals surface area contributed by atoms with E-state index in [4.69, 9.17) is 0 Å². The standard InChI is InChI=1S/C16H20N2O3S/c1-4-16(2,3)14(20)17-12-7-5-11(6-8-12)9-18-13(19)10-22-15(18)21/h5-8H,4,9-10H2,1-3H3,(H,17,20). The maximum atomic E-state index is 12.1. The van der Waals surface area contributed by atoms with Crippen LogP contribution in [0.2, 0.25) is 0 Å². The van der Waals surface area contributed by atoms with Crippen molar-refractivity contribution >= 4 is 34.5 Å². The molecular weight excluding hydrogens is 300 g/mol. The van der Waals surface area contributed by atoms with Crippen molar-refractivity contribution < 1.29 is 14.4 Å².